The third kappa shape index (κ3) is 2.76. The molecule has 3 N–H and O–H groups in total. The lowest BCUT2D eigenvalue weighted by atomic mass is 9.85. The van der Waals surface area contributed by atoms with Crippen LogP contribution in [0.2, 0.25) is 5.02 Å². The molecule has 0 radical (unpaired) electrons. The fourth-order valence-electron chi connectivity index (χ4n) is 2.90. The molecule has 110 valence electrons. The van der Waals surface area contributed by atoms with E-state index in [1.807, 2.05) is 37.2 Å². The highest BCUT2D eigenvalue weighted by Crippen LogP contribution is 2.39. The predicted molar refractivity (Wildman–Crippen MR) is 84.4 cm³/mol. The summed E-state index contributed by atoms with van der Waals surface area (Å²) in [4.78, 5) is 14.5. The van der Waals surface area contributed by atoms with Gasteiger partial charge in [-0.25, -0.2) is 0 Å². The number of nitrogens with two attached hydrogens (primary N) is 1. The molecule has 0 unspecified atom stereocenters. The number of hydrogen-bond acceptors (Lipinski definition) is 3. The smallest absolute Gasteiger partial charge is 0.231 e. The molecule has 0 heterocycles. The standard InChI is InChI=1S/C15H22ClN3O/c1-19(2)13-11(16)6-5-7-12(13)18-14(20)15(10-17)8-3-4-9-15/h5-7H,3-4,8-10,17H2,1-2H3,(H,18,20). The average Bonchev–Trinajstić information content (AvgIpc) is 2.88. The lowest BCUT2D eigenvalue weighted by molar-refractivity contribution is -0.124. The van der Waals surface area contributed by atoms with Crippen molar-refractivity contribution in [3.05, 3.63) is 23.2 Å². The van der Waals surface area contributed by atoms with Crippen molar-refractivity contribution in [3.8, 4) is 0 Å². The van der Waals surface area contributed by atoms with Gasteiger partial charge in [-0.05, 0) is 25.0 Å². The summed E-state index contributed by atoms with van der Waals surface area (Å²) in [5.41, 5.74) is 7.01. The van der Waals surface area contributed by atoms with Crippen LogP contribution >= 0.6 is 11.6 Å². The fraction of sp³-hybridized carbons (Fsp3) is 0.533. The minimum absolute atomic E-state index is 0.0165. The van der Waals surface area contributed by atoms with E-state index in [0.29, 0.717) is 11.6 Å². The second-order valence-electron chi connectivity index (χ2n) is 5.68. The van der Waals surface area contributed by atoms with Crippen molar-refractivity contribution in [2.24, 2.45) is 11.1 Å². The van der Waals surface area contributed by atoms with Gasteiger partial charge in [-0.3, -0.25) is 4.79 Å². The van der Waals surface area contributed by atoms with Gasteiger partial charge >= 0.3 is 0 Å². The van der Waals surface area contributed by atoms with E-state index in [0.717, 1.165) is 37.1 Å². The normalized spacial score (nSPS) is 17.0. The molecular formula is C15H22ClN3O. The van der Waals surface area contributed by atoms with Gasteiger partial charge in [0.25, 0.3) is 0 Å². The lowest BCUT2D eigenvalue weighted by Gasteiger charge is -2.27. The number of nitrogens with one attached hydrogen (secondary N) is 1. The fourth-order valence-corrected chi connectivity index (χ4v) is 3.24. The van der Waals surface area contributed by atoms with E-state index in [4.69, 9.17) is 17.3 Å². The highest BCUT2D eigenvalue weighted by Gasteiger charge is 2.40. The molecule has 0 atom stereocenters. The molecule has 1 aromatic carbocycles. The molecule has 5 heteroatoms. The number of para-hydroxylation sites is 1. The number of anilines is 2. The van der Waals surface area contributed by atoms with Crippen molar-refractivity contribution in [1.29, 1.82) is 0 Å². The summed E-state index contributed by atoms with van der Waals surface area (Å²) in [7, 11) is 3.82. The molecule has 1 saturated carbocycles. The van der Waals surface area contributed by atoms with E-state index in [-0.39, 0.29) is 5.91 Å². The molecule has 0 bridgehead atoms. The van der Waals surface area contributed by atoms with Crippen LogP contribution in [0.5, 0.6) is 0 Å². The van der Waals surface area contributed by atoms with Crippen molar-refractivity contribution in [3.63, 3.8) is 0 Å². The molecule has 0 aliphatic heterocycles. The molecule has 1 amide bonds. The van der Waals surface area contributed by atoms with Gasteiger partial charge in [0.2, 0.25) is 5.91 Å². The number of hydrogen-bond donors (Lipinski definition) is 2. The minimum Gasteiger partial charge on any atom is -0.375 e. The number of carbonyl (C=O) groups is 1. The molecule has 20 heavy (non-hydrogen) atoms. The molecule has 0 spiro atoms. The van der Waals surface area contributed by atoms with Crippen LogP contribution in [-0.2, 0) is 4.79 Å². The average molecular weight is 296 g/mol. The Morgan fingerprint density at radius 3 is 2.60 bits per heavy atom. The van der Waals surface area contributed by atoms with Crippen molar-refractivity contribution >= 4 is 28.9 Å². The second kappa shape index (κ2) is 6.02. The van der Waals surface area contributed by atoms with Crippen molar-refractivity contribution in [2.45, 2.75) is 25.7 Å². The van der Waals surface area contributed by atoms with E-state index >= 15 is 0 Å². The van der Waals surface area contributed by atoms with Gasteiger partial charge in [0.05, 0.1) is 21.8 Å². The summed E-state index contributed by atoms with van der Waals surface area (Å²) in [5.74, 6) is 0.0165. The van der Waals surface area contributed by atoms with Gasteiger partial charge in [0.1, 0.15) is 0 Å². The molecular weight excluding hydrogens is 274 g/mol. The Morgan fingerprint density at radius 1 is 1.40 bits per heavy atom. The maximum Gasteiger partial charge on any atom is 0.231 e. The second-order valence-corrected chi connectivity index (χ2v) is 6.08. The summed E-state index contributed by atoms with van der Waals surface area (Å²) >= 11 is 6.22. The maximum absolute atomic E-state index is 12.6. The first kappa shape index (κ1) is 15.1. The summed E-state index contributed by atoms with van der Waals surface area (Å²) in [6, 6.07) is 5.54. The first-order valence-corrected chi connectivity index (χ1v) is 7.35. The Morgan fingerprint density at radius 2 is 2.05 bits per heavy atom. The number of nitrogens with zero attached hydrogens (tertiary/aromatic N) is 1. The van der Waals surface area contributed by atoms with E-state index in [9.17, 15) is 4.79 Å². The molecule has 1 aliphatic carbocycles. The van der Waals surface area contributed by atoms with E-state index in [1.54, 1.807) is 0 Å². The van der Waals surface area contributed by atoms with Crippen LogP contribution < -0.4 is 16.0 Å². The van der Waals surface area contributed by atoms with Gasteiger partial charge < -0.3 is 16.0 Å². The Balaban J connectivity index is 2.26. The Kier molecular flexibility index (Phi) is 4.55. The number of amides is 1. The maximum atomic E-state index is 12.6. The Bertz CT molecular complexity index is 496. The molecule has 1 aromatic rings. The Labute approximate surface area is 125 Å². The van der Waals surface area contributed by atoms with Gasteiger partial charge in [0.15, 0.2) is 0 Å². The molecule has 2 rings (SSSR count). The zero-order valence-electron chi connectivity index (χ0n) is 12.1. The van der Waals surface area contributed by atoms with Gasteiger partial charge in [-0.15, -0.1) is 0 Å². The van der Waals surface area contributed by atoms with Crippen LogP contribution in [0, 0.1) is 5.41 Å². The van der Waals surface area contributed by atoms with Crippen LogP contribution in [0.25, 0.3) is 0 Å². The zero-order valence-corrected chi connectivity index (χ0v) is 12.8. The lowest BCUT2D eigenvalue weighted by Crippen LogP contribution is -2.40. The van der Waals surface area contributed by atoms with Gasteiger partial charge in [-0.2, -0.15) is 0 Å². The quantitative estimate of drug-likeness (QED) is 0.898. The summed E-state index contributed by atoms with van der Waals surface area (Å²) in [6.45, 7) is 0.400. The van der Waals surface area contributed by atoms with E-state index in [2.05, 4.69) is 5.32 Å². The highest BCUT2D eigenvalue weighted by atomic mass is 35.5. The van der Waals surface area contributed by atoms with Crippen molar-refractivity contribution in [1.82, 2.24) is 0 Å². The number of halogens is 1. The first-order chi connectivity index (χ1) is 9.50. The number of carbonyl (C=O) groups excluding carboxylic acids is 1. The molecule has 0 aromatic heterocycles. The summed E-state index contributed by atoms with van der Waals surface area (Å²) in [6.07, 6.45) is 3.88. The number of benzene rings is 1. The van der Waals surface area contributed by atoms with Crippen LogP contribution in [0.4, 0.5) is 11.4 Å². The van der Waals surface area contributed by atoms with Crippen LogP contribution in [0.3, 0.4) is 0 Å². The van der Waals surface area contributed by atoms with Crippen molar-refractivity contribution in [2.75, 3.05) is 30.9 Å². The van der Waals surface area contributed by atoms with E-state index in [1.165, 1.54) is 0 Å². The molecule has 0 saturated heterocycles. The first-order valence-electron chi connectivity index (χ1n) is 6.97. The van der Waals surface area contributed by atoms with Gasteiger partial charge in [-0.1, -0.05) is 30.5 Å². The highest BCUT2D eigenvalue weighted by molar-refractivity contribution is 6.34. The largest absolute Gasteiger partial charge is 0.375 e. The van der Waals surface area contributed by atoms with Crippen LogP contribution in [0.15, 0.2) is 18.2 Å². The summed E-state index contributed by atoms with van der Waals surface area (Å²) in [5, 5.41) is 3.65. The molecule has 1 fully saturated rings. The molecule has 4 nitrogen and oxygen atoms in total. The van der Waals surface area contributed by atoms with Crippen molar-refractivity contribution < 1.29 is 4.79 Å². The summed E-state index contributed by atoms with van der Waals surface area (Å²) < 4.78 is 0. The third-order valence-corrected chi connectivity index (χ3v) is 4.42. The third-order valence-electron chi connectivity index (χ3n) is 4.12. The number of rotatable bonds is 4. The van der Waals surface area contributed by atoms with Gasteiger partial charge in [0, 0.05) is 20.6 Å². The van der Waals surface area contributed by atoms with E-state index < -0.39 is 5.41 Å². The van der Waals surface area contributed by atoms with Crippen LogP contribution in [-0.4, -0.2) is 26.5 Å². The molecule has 1 aliphatic rings. The minimum atomic E-state index is -0.411. The topological polar surface area (TPSA) is 58.4 Å². The SMILES string of the molecule is CN(C)c1c(Cl)cccc1NC(=O)C1(CN)CCCC1. The van der Waals surface area contributed by atoms with Crippen LogP contribution in [0.1, 0.15) is 25.7 Å². The monoisotopic (exact) mass is 295 g/mol. The predicted octanol–water partition coefficient (Wildman–Crippen LogP) is 2.86. The zero-order chi connectivity index (χ0) is 14.8. The Hall–Kier alpha value is -1.26.